The third-order valence-corrected chi connectivity index (χ3v) is 6.21. The maximum atomic E-state index is 12.8. The Labute approximate surface area is 185 Å². The molecule has 0 saturated carbocycles. The maximum Gasteiger partial charge on any atom is 0.322 e. The van der Waals surface area contributed by atoms with Crippen molar-refractivity contribution in [3.05, 3.63) is 35.9 Å². The summed E-state index contributed by atoms with van der Waals surface area (Å²) in [6, 6.07) is 10.2. The fraction of sp³-hybridized carbons (Fsp3) is 0.731. The van der Waals surface area contributed by atoms with Gasteiger partial charge in [0.05, 0.1) is 6.61 Å². The zero-order valence-corrected chi connectivity index (χ0v) is 19.9. The van der Waals surface area contributed by atoms with Gasteiger partial charge in [0.1, 0.15) is 4.75 Å². The van der Waals surface area contributed by atoms with Crippen LogP contribution in [0, 0.1) is 0 Å². The normalized spacial score (nSPS) is 13.2. The van der Waals surface area contributed by atoms with E-state index in [4.69, 9.17) is 17.4 Å². The lowest BCUT2D eigenvalue weighted by molar-refractivity contribution is -0.147. The van der Waals surface area contributed by atoms with Gasteiger partial charge in [0.25, 0.3) is 0 Å². The number of thiol groups is 1. The van der Waals surface area contributed by atoms with Crippen LogP contribution in [0.2, 0.25) is 0 Å². The van der Waals surface area contributed by atoms with Crippen LogP contribution in [-0.4, -0.2) is 17.3 Å². The minimum atomic E-state index is -0.713. The lowest BCUT2D eigenvalue weighted by Gasteiger charge is -2.26. The number of carbonyl (C=O) groups excluding carboxylic acids is 1. The molecule has 0 radical (unpaired) electrons. The Bertz CT molecular complexity index is 517. The van der Waals surface area contributed by atoms with Gasteiger partial charge in [-0.1, -0.05) is 121 Å². The van der Waals surface area contributed by atoms with Gasteiger partial charge in [-0.2, -0.15) is 12.6 Å². The van der Waals surface area contributed by atoms with Gasteiger partial charge >= 0.3 is 5.97 Å². The van der Waals surface area contributed by atoms with E-state index in [1.54, 1.807) is 0 Å². The van der Waals surface area contributed by atoms with Crippen molar-refractivity contribution in [1.29, 1.82) is 0 Å². The van der Waals surface area contributed by atoms with E-state index in [0.717, 1.165) is 37.7 Å². The first-order valence-electron chi connectivity index (χ1n) is 12.1. The Kier molecular flexibility index (Phi) is 15.1. The molecule has 0 aromatic heterocycles. The molecule has 2 nitrogen and oxygen atoms in total. The van der Waals surface area contributed by atoms with E-state index in [2.05, 4.69) is 26.0 Å². The van der Waals surface area contributed by atoms with Gasteiger partial charge in [-0.15, -0.1) is 0 Å². The van der Waals surface area contributed by atoms with Gasteiger partial charge in [-0.25, -0.2) is 0 Å². The van der Waals surface area contributed by atoms with E-state index < -0.39 is 4.75 Å². The fourth-order valence-electron chi connectivity index (χ4n) is 3.73. The summed E-state index contributed by atoms with van der Waals surface area (Å²) in [6.07, 6.45) is 17.7. The predicted molar refractivity (Wildman–Crippen MR) is 129 cm³/mol. The predicted octanol–water partition coefficient (Wildman–Crippen LogP) is 7.94. The number of carbonyl (C=O) groups is 1. The van der Waals surface area contributed by atoms with Gasteiger partial charge < -0.3 is 4.74 Å². The molecular formula is C26H44O2S. The van der Waals surface area contributed by atoms with Crippen LogP contribution in [0.1, 0.15) is 109 Å². The molecule has 1 unspecified atom stereocenters. The smallest absolute Gasteiger partial charge is 0.322 e. The molecule has 0 bridgehead atoms. The molecule has 166 valence electrons. The number of hydrogen-bond donors (Lipinski definition) is 1. The average Bonchev–Trinajstić information content (AvgIpc) is 2.73. The van der Waals surface area contributed by atoms with Crippen LogP contribution < -0.4 is 0 Å². The molecule has 0 spiro atoms. The Morgan fingerprint density at radius 2 is 1.31 bits per heavy atom. The van der Waals surface area contributed by atoms with Crippen molar-refractivity contribution in [3.63, 3.8) is 0 Å². The van der Waals surface area contributed by atoms with Crippen LogP contribution >= 0.6 is 12.6 Å². The highest BCUT2D eigenvalue weighted by atomic mass is 32.1. The van der Waals surface area contributed by atoms with Crippen LogP contribution in [0.4, 0.5) is 0 Å². The third-order valence-electron chi connectivity index (χ3n) is 5.64. The summed E-state index contributed by atoms with van der Waals surface area (Å²) in [6.45, 7) is 4.94. The van der Waals surface area contributed by atoms with Crippen LogP contribution in [0.5, 0.6) is 0 Å². The fourth-order valence-corrected chi connectivity index (χ4v) is 4.14. The van der Waals surface area contributed by atoms with Gasteiger partial charge in [0, 0.05) is 0 Å². The highest BCUT2D eigenvalue weighted by molar-refractivity contribution is 7.82. The first kappa shape index (κ1) is 26.1. The summed E-state index contributed by atoms with van der Waals surface area (Å²) >= 11 is 4.80. The molecule has 0 aliphatic carbocycles. The second-order valence-corrected chi connectivity index (χ2v) is 9.33. The minimum absolute atomic E-state index is 0.148. The SMILES string of the molecule is CCCCCCCCCCCCCOC(=O)C(S)(CCCC)Cc1ccccc1. The minimum Gasteiger partial charge on any atom is -0.465 e. The highest BCUT2D eigenvalue weighted by Crippen LogP contribution is 2.29. The van der Waals surface area contributed by atoms with E-state index in [1.807, 2.05) is 18.2 Å². The molecule has 0 heterocycles. The molecule has 3 heteroatoms. The molecule has 0 saturated heterocycles. The monoisotopic (exact) mass is 420 g/mol. The summed E-state index contributed by atoms with van der Waals surface area (Å²) in [4.78, 5) is 12.8. The lowest BCUT2D eigenvalue weighted by Crippen LogP contribution is -2.37. The van der Waals surface area contributed by atoms with Crippen LogP contribution in [0.15, 0.2) is 30.3 Å². The van der Waals surface area contributed by atoms with Crippen molar-refractivity contribution in [1.82, 2.24) is 0 Å². The van der Waals surface area contributed by atoms with Crippen molar-refractivity contribution in [2.24, 2.45) is 0 Å². The van der Waals surface area contributed by atoms with Gasteiger partial charge in [0.15, 0.2) is 0 Å². The molecule has 0 N–H and O–H groups in total. The molecule has 0 aliphatic heterocycles. The topological polar surface area (TPSA) is 26.3 Å². The third kappa shape index (κ3) is 12.4. The van der Waals surface area contributed by atoms with E-state index in [9.17, 15) is 4.79 Å². The highest BCUT2D eigenvalue weighted by Gasteiger charge is 2.35. The van der Waals surface area contributed by atoms with E-state index in [1.165, 1.54) is 57.8 Å². The van der Waals surface area contributed by atoms with Gasteiger partial charge in [-0.3, -0.25) is 4.79 Å². The lowest BCUT2D eigenvalue weighted by atomic mass is 9.93. The summed E-state index contributed by atoms with van der Waals surface area (Å²) in [5.74, 6) is -0.148. The quantitative estimate of drug-likeness (QED) is 0.148. The first-order valence-corrected chi connectivity index (χ1v) is 12.5. The summed E-state index contributed by atoms with van der Waals surface area (Å²) in [5.41, 5.74) is 1.14. The second kappa shape index (κ2) is 16.8. The van der Waals surface area contributed by atoms with Crippen molar-refractivity contribution in [2.45, 2.75) is 115 Å². The average molecular weight is 421 g/mol. The molecule has 1 atom stereocenters. The van der Waals surface area contributed by atoms with Crippen LogP contribution in [0.25, 0.3) is 0 Å². The molecule has 0 aliphatic rings. The molecule has 1 aromatic carbocycles. The number of benzene rings is 1. The van der Waals surface area contributed by atoms with Crippen molar-refractivity contribution in [3.8, 4) is 0 Å². The van der Waals surface area contributed by atoms with E-state index in [-0.39, 0.29) is 5.97 Å². The van der Waals surface area contributed by atoms with Gasteiger partial charge in [-0.05, 0) is 24.8 Å². The summed E-state index contributed by atoms with van der Waals surface area (Å²) in [7, 11) is 0. The van der Waals surface area contributed by atoms with E-state index >= 15 is 0 Å². The number of rotatable bonds is 18. The Balaban J connectivity index is 2.19. The van der Waals surface area contributed by atoms with Gasteiger partial charge in [0.2, 0.25) is 0 Å². The van der Waals surface area contributed by atoms with Crippen LogP contribution in [0.3, 0.4) is 0 Å². The number of ether oxygens (including phenoxy) is 1. The molecule has 0 fully saturated rings. The summed E-state index contributed by atoms with van der Waals surface area (Å²) in [5, 5.41) is 0. The Hall–Kier alpha value is -0.960. The summed E-state index contributed by atoms with van der Waals surface area (Å²) < 4.78 is 4.93. The van der Waals surface area contributed by atoms with Crippen LogP contribution in [-0.2, 0) is 16.0 Å². The van der Waals surface area contributed by atoms with Crippen molar-refractivity contribution in [2.75, 3.05) is 6.61 Å². The number of hydrogen-bond acceptors (Lipinski definition) is 3. The standard InChI is InChI=1S/C26H44O2S/c1-3-5-7-8-9-10-11-12-13-14-18-22-28-25(27)26(29,21-6-4-2)23-24-19-16-15-17-20-24/h15-17,19-20,29H,3-14,18,21-23H2,1-2H3. The first-order chi connectivity index (χ1) is 14.1. The largest absolute Gasteiger partial charge is 0.465 e. The van der Waals surface area contributed by atoms with E-state index in [0.29, 0.717) is 13.0 Å². The van der Waals surface area contributed by atoms with Crippen molar-refractivity contribution >= 4 is 18.6 Å². The number of unbranched alkanes of at least 4 members (excludes halogenated alkanes) is 11. The molecule has 0 amide bonds. The van der Waals surface area contributed by atoms with Crippen molar-refractivity contribution < 1.29 is 9.53 Å². The zero-order chi connectivity index (χ0) is 21.2. The molecule has 1 rings (SSSR count). The maximum absolute atomic E-state index is 12.8. The molecule has 29 heavy (non-hydrogen) atoms. The molecular weight excluding hydrogens is 376 g/mol. The number of esters is 1. The molecule has 1 aromatic rings. The Morgan fingerprint density at radius 1 is 0.793 bits per heavy atom. The Morgan fingerprint density at radius 3 is 1.86 bits per heavy atom. The zero-order valence-electron chi connectivity index (χ0n) is 19.0. The second-order valence-electron chi connectivity index (χ2n) is 8.47.